The Morgan fingerprint density at radius 2 is 2.00 bits per heavy atom. The molecule has 18 heavy (non-hydrogen) atoms. The molecule has 6 nitrogen and oxygen atoms in total. The average molecular weight is 252 g/mol. The fourth-order valence-electron chi connectivity index (χ4n) is 1.59. The summed E-state index contributed by atoms with van der Waals surface area (Å²) < 4.78 is 4.56. The lowest BCUT2D eigenvalue weighted by Gasteiger charge is -2.26. The summed E-state index contributed by atoms with van der Waals surface area (Å²) in [7, 11) is 4.45. The highest BCUT2D eigenvalue weighted by molar-refractivity contribution is 5.97. The maximum atomic E-state index is 12.0. The third kappa shape index (κ3) is 2.58. The van der Waals surface area contributed by atoms with Crippen molar-refractivity contribution in [2.45, 2.75) is 6.92 Å². The average Bonchev–Trinajstić information content (AvgIpc) is 2.37. The van der Waals surface area contributed by atoms with E-state index >= 15 is 0 Å². The van der Waals surface area contributed by atoms with Crippen molar-refractivity contribution in [3.05, 3.63) is 23.5 Å². The minimum atomic E-state index is -0.648. The van der Waals surface area contributed by atoms with Crippen LogP contribution in [0.25, 0.3) is 0 Å². The van der Waals surface area contributed by atoms with Gasteiger partial charge in [0.15, 0.2) is 0 Å². The van der Waals surface area contributed by atoms with E-state index in [4.69, 9.17) is 0 Å². The molecule has 0 radical (unpaired) electrons. The summed E-state index contributed by atoms with van der Waals surface area (Å²) in [5.41, 5.74) is 0.725. The lowest BCUT2D eigenvalue weighted by Crippen LogP contribution is -2.33. The van der Waals surface area contributed by atoms with Crippen molar-refractivity contribution in [3.63, 3.8) is 0 Å². The SMILES string of the molecule is COC(=O)N1C=C(C=O)C(C)C(C(=O)N(C)C)=C1. The number of hydrogen-bond donors (Lipinski definition) is 0. The van der Waals surface area contributed by atoms with Crippen LogP contribution >= 0.6 is 0 Å². The van der Waals surface area contributed by atoms with Crippen molar-refractivity contribution >= 4 is 18.3 Å². The van der Waals surface area contributed by atoms with Crippen molar-refractivity contribution in [2.75, 3.05) is 21.2 Å². The second-order valence-corrected chi connectivity index (χ2v) is 4.13. The predicted octanol–water partition coefficient (Wildman–Crippen LogP) is 0.759. The number of aldehydes is 1. The Bertz CT molecular complexity index is 437. The third-order valence-electron chi connectivity index (χ3n) is 2.71. The first-order chi connectivity index (χ1) is 8.42. The van der Waals surface area contributed by atoms with Crippen LogP contribution < -0.4 is 0 Å². The molecule has 1 aliphatic rings. The fraction of sp³-hybridized carbons (Fsp3) is 0.417. The highest BCUT2D eigenvalue weighted by Crippen LogP contribution is 2.26. The molecule has 0 bridgehead atoms. The van der Waals surface area contributed by atoms with Crippen LogP contribution in [0.4, 0.5) is 4.79 Å². The van der Waals surface area contributed by atoms with Crippen molar-refractivity contribution in [1.82, 2.24) is 9.80 Å². The molecule has 1 atom stereocenters. The number of allylic oxidation sites excluding steroid dienone is 1. The Balaban J connectivity index is 3.15. The molecule has 1 rings (SSSR count). The summed E-state index contributed by atoms with van der Waals surface area (Å²) in [5.74, 6) is -0.595. The van der Waals surface area contributed by atoms with Crippen LogP contribution in [-0.2, 0) is 14.3 Å². The summed E-state index contributed by atoms with van der Waals surface area (Å²) in [6.45, 7) is 1.74. The van der Waals surface area contributed by atoms with Crippen LogP contribution in [0.5, 0.6) is 0 Å². The van der Waals surface area contributed by atoms with Crippen molar-refractivity contribution in [3.8, 4) is 0 Å². The van der Waals surface area contributed by atoms with E-state index in [1.54, 1.807) is 21.0 Å². The zero-order valence-electron chi connectivity index (χ0n) is 10.8. The standard InChI is InChI=1S/C12H16N2O4/c1-8-9(7-15)5-14(12(17)18-4)6-10(8)11(16)13(2)3/h5-8H,1-4H3. The molecule has 2 amide bonds. The van der Waals surface area contributed by atoms with Crippen LogP contribution in [0.15, 0.2) is 23.5 Å². The smallest absolute Gasteiger partial charge is 0.417 e. The summed E-state index contributed by atoms with van der Waals surface area (Å²) in [6.07, 6.45) is 2.75. The van der Waals surface area contributed by atoms with E-state index in [2.05, 4.69) is 4.74 Å². The number of rotatable bonds is 2. The highest BCUT2D eigenvalue weighted by atomic mass is 16.5. The van der Waals surface area contributed by atoms with Gasteiger partial charge in [-0.25, -0.2) is 4.79 Å². The minimum absolute atomic E-state index is 0.246. The molecule has 0 N–H and O–H groups in total. The van der Waals surface area contributed by atoms with E-state index in [1.807, 2.05) is 0 Å². The molecule has 0 aliphatic carbocycles. The molecule has 1 aliphatic heterocycles. The molecular formula is C12H16N2O4. The molecule has 1 heterocycles. The number of methoxy groups -OCH3 is 1. The van der Waals surface area contributed by atoms with Crippen LogP contribution in [0, 0.1) is 5.92 Å². The quantitative estimate of drug-likeness (QED) is 0.680. The number of carbonyl (C=O) groups is 3. The molecule has 6 heteroatoms. The Kier molecular flexibility index (Phi) is 4.25. The van der Waals surface area contributed by atoms with Gasteiger partial charge in [-0.2, -0.15) is 0 Å². The topological polar surface area (TPSA) is 66.9 Å². The predicted molar refractivity (Wildman–Crippen MR) is 64.3 cm³/mol. The zero-order chi connectivity index (χ0) is 13.9. The summed E-state index contributed by atoms with van der Waals surface area (Å²) in [6, 6.07) is 0. The highest BCUT2D eigenvalue weighted by Gasteiger charge is 2.28. The van der Waals surface area contributed by atoms with E-state index in [1.165, 1.54) is 24.4 Å². The van der Waals surface area contributed by atoms with Gasteiger partial charge in [-0.15, -0.1) is 0 Å². The van der Waals surface area contributed by atoms with Gasteiger partial charge in [0.05, 0.1) is 7.11 Å². The van der Waals surface area contributed by atoms with E-state index in [0.717, 1.165) is 4.90 Å². The van der Waals surface area contributed by atoms with Gasteiger partial charge in [0.2, 0.25) is 0 Å². The van der Waals surface area contributed by atoms with Gasteiger partial charge in [-0.3, -0.25) is 14.5 Å². The van der Waals surface area contributed by atoms with Crippen LogP contribution in [0.3, 0.4) is 0 Å². The van der Waals surface area contributed by atoms with Gasteiger partial charge >= 0.3 is 6.09 Å². The maximum Gasteiger partial charge on any atom is 0.417 e. The molecule has 1 unspecified atom stereocenters. The lowest BCUT2D eigenvalue weighted by atomic mass is 9.91. The Morgan fingerprint density at radius 1 is 1.39 bits per heavy atom. The molecule has 0 aromatic carbocycles. The number of hydrogen-bond acceptors (Lipinski definition) is 4. The molecule has 0 aromatic rings. The normalized spacial score (nSPS) is 18.7. The Hall–Kier alpha value is -2.11. The first-order valence-electron chi connectivity index (χ1n) is 5.39. The van der Waals surface area contributed by atoms with E-state index < -0.39 is 6.09 Å². The van der Waals surface area contributed by atoms with Gasteiger partial charge in [0.1, 0.15) is 6.29 Å². The second-order valence-electron chi connectivity index (χ2n) is 4.13. The fourth-order valence-corrected chi connectivity index (χ4v) is 1.59. The maximum absolute atomic E-state index is 12.0. The summed E-state index contributed by atoms with van der Waals surface area (Å²) in [5, 5.41) is 0. The minimum Gasteiger partial charge on any atom is -0.452 e. The van der Waals surface area contributed by atoms with E-state index in [0.29, 0.717) is 17.4 Å². The first-order valence-corrected chi connectivity index (χ1v) is 5.39. The van der Waals surface area contributed by atoms with Crippen molar-refractivity contribution in [1.29, 1.82) is 0 Å². The van der Waals surface area contributed by atoms with Gasteiger partial charge in [-0.05, 0) is 0 Å². The van der Waals surface area contributed by atoms with Crippen molar-refractivity contribution in [2.24, 2.45) is 5.92 Å². The summed E-state index contributed by atoms with van der Waals surface area (Å²) >= 11 is 0. The number of ether oxygens (including phenoxy) is 1. The monoisotopic (exact) mass is 252 g/mol. The largest absolute Gasteiger partial charge is 0.452 e. The number of amides is 2. The molecule has 98 valence electrons. The molecule has 0 spiro atoms. The van der Waals surface area contributed by atoms with Crippen LogP contribution in [0.2, 0.25) is 0 Å². The third-order valence-corrected chi connectivity index (χ3v) is 2.71. The second kappa shape index (κ2) is 5.48. The van der Waals surface area contributed by atoms with Gasteiger partial charge in [0, 0.05) is 43.6 Å². The molecule has 0 saturated heterocycles. The van der Waals surface area contributed by atoms with E-state index in [-0.39, 0.29) is 11.8 Å². The van der Waals surface area contributed by atoms with Gasteiger partial charge in [-0.1, -0.05) is 6.92 Å². The van der Waals surface area contributed by atoms with Crippen LogP contribution in [-0.4, -0.2) is 49.3 Å². The number of likely N-dealkylation sites (N-methyl/N-ethyl adjacent to an activating group) is 1. The first kappa shape index (κ1) is 14.0. The zero-order valence-corrected chi connectivity index (χ0v) is 10.8. The lowest BCUT2D eigenvalue weighted by molar-refractivity contribution is -0.125. The number of carbonyl (C=O) groups excluding carboxylic acids is 3. The Morgan fingerprint density at radius 3 is 2.44 bits per heavy atom. The van der Waals surface area contributed by atoms with Crippen LogP contribution in [0.1, 0.15) is 6.92 Å². The summed E-state index contributed by atoms with van der Waals surface area (Å²) in [4.78, 5) is 36.9. The van der Waals surface area contributed by atoms with Crippen molar-refractivity contribution < 1.29 is 19.1 Å². The van der Waals surface area contributed by atoms with Gasteiger partial charge < -0.3 is 9.64 Å². The number of nitrogens with zero attached hydrogens (tertiary/aromatic N) is 2. The molecule has 0 saturated carbocycles. The molecule has 0 fully saturated rings. The molecular weight excluding hydrogens is 236 g/mol. The molecule has 0 aromatic heterocycles. The van der Waals surface area contributed by atoms with Gasteiger partial charge in [0.25, 0.3) is 5.91 Å². The Labute approximate surface area is 105 Å². The van der Waals surface area contributed by atoms with E-state index in [9.17, 15) is 14.4 Å².